The smallest absolute Gasteiger partial charge is 0.228 e. The third kappa shape index (κ3) is 1.95. The fraction of sp³-hybridized carbons (Fsp3) is 0.944. The average molecular weight is 321 g/mol. The SMILES string of the molecule is COC1CSC2(C1)CN(C(=O)C13CC4CC(CC(C4)C1)C3)C2. The van der Waals surface area contributed by atoms with Gasteiger partial charge in [-0.25, -0.2) is 0 Å². The highest BCUT2D eigenvalue weighted by atomic mass is 32.2. The molecule has 2 saturated heterocycles. The van der Waals surface area contributed by atoms with Crippen molar-refractivity contribution in [1.82, 2.24) is 4.90 Å². The minimum atomic E-state index is 0.0558. The van der Waals surface area contributed by atoms with Crippen LogP contribution in [0, 0.1) is 23.2 Å². The molecule has 4 aliphatic carbocycles. The second kappa shape index (κ2) is 4.66. The molecular weight excluding hydrogens is 294 g/mol. The fourth-order valence-electron chi connectivity index (χ4n) is 6.68. The molecule has 0 N–H and O–H groups in total. The van der Waals surface area contributed by atoms with Gasteiger partial charge in [-0.2, -0.15) is 0 Å². The van der Waals surface area contributed by atoms with Crippen LogP contribution in [0.15, 0.2) is 0 Å². The summed E-state index contributed by atoms with van der Waals surface area (Å²) in [5, 5.41) is 0. The lowest BCUT2D eigenvalue weighted by atomic mass is 9.49. The number of hydrogen-bond acceptors (Lipinski definition) is 3. The van der Waals surface area contributed by atoms with E-state index in [4.69, 9.17) is 4.74 Å². The molecule has 3 nitrogen and oxygen atoms in total. The molecule has 2 heterocycles. The Hall–Kier alpha value is -0.220. The molecule has 0 aromatic rings. The maximum atomic E-state index is 13.3. The maximum absolute atomic E-state index is 13.3. The predicted octanol–water partition coefficient (Wildman–Crippen LogP) is 2.94. The van der Waals surface area contributed by atoms with Crippen molar-refractivity contribution in [3.8, 4) is 0 Å². The number of likely N-dealkylation sites (tertiary alicyclic amines) is 1. The van der Waals surface area contributed by atoms with Crippen molar-refractivity contribution in [2.45, 2.75) is 55.8 Å². The van der Waals surface area contributed by atoms with Gasteiger partial charge in [0, 0.05) is 26.0 Å². The van der Waals surface area contributed by atoms with Crippen molar-refractivity contribution in [1.29, 1.82) is 0 Å². The summed E-state index contributed by atoms with van der Waals surface area (Å²) < 4.78 is 5.85. The molecule has 1 atom stereocenters. The maximum Gasteiger partial charge on any atom is 0.228 e. The Balaban J connectivity index is 1.29. The van der Waals surface area contributed by atoms with Crippen LogP contribution in [0.25, 0.3) is 0 Å². The Bertz CT molecular complexity index is 464. The molecule has 0 aromatic heterocycles. The number of methoxy groups -OCH3 is 1. The van der Waals surface area contributed by atoms with Crippen LogP contribution in [0.2, 0.25) is 0 Å². The third-order valence-corrected chi connectivity index (χ3v) is 8.82. The van der Waals surface area contributed by atoms with E-state index in [-0.39, 0.29) is 5.41 Å². The number of carbonyl (C=O) groups is 1. The molecule has 1 amide bonds. The fourth-order valence-corrected chi connectivity index (χ4v) is 8.27. The molecule has 4 heteroatoms. The van der Waals surface area contributed by atoms with Crippen LogP contribution < -0.4 is 0 Å². The number of carbonyl (C=O) groups excluding carboxylic acids is 1. The van der Waals surface area contributed by atoms with Gasteiger partial charge in [-0.05, 0) is 62.7 Å². The molecule has 4 bridgehead atoms. The first-order chi connectivity index (χ1) is 10.6. The van der Waals surface area contributed by atoms with Gasteiger partial charge >= 0.3 is 0 Å². The van der Waals surface area contributed by atoms with Crippen molar-refractivity contribution < 1.29 is 9.53 Å². The van der Waals surface area contributed by atoms with Crippen molar-refractivity contribution in [3.05, 3.63) is 0 Å². The zero-order chi connectivity index (χ0) is 14.9. The molecule has 1 unspecified atom stereocenters. The number of nitrogens with zero attached hydrogens (tertiary/aromatic N) is 1. The number of hydrogen-bond donors (Lipinski definition) is 0. The van der Waals surface area contributed by atoms with Crippen LogP contribution >= 0.6 is 11.8 Å². The zero-order valence-electron chi connectivity index (χ0n) is 13.6. The first kappa shape index (κ1) is 14.2. The van der Waals surface area contributed by atoms with Crippen molar-refractivity contribution >= 4 is 17.7 Å². The van der Waals surface area contributed by atoms with Gasteiger partial charge in [-0.1, -0.05) is 0 Å². The quantitative estimate of drug-likeness (QED) is 0.783. The number of ether oxygens (including phenoxy) is 1. The zero-order valence-corrected chi connectivity index (χ0v) is 14.4. The average Bonchev–Trinajstić information content (AvgIpc) is 2.88. The third-order valence-electron chi connectivity index (χ3n) is 7.25. The van der Waals surface area contributed by atoms with Crippen LogP contribution in [0.5, 0.6) is 0 Å². The lowest BCUT2D eigenvalue weighted by molar-refractivity contribution is -0.163. The molecule has 1 spiro atoms. The van der Waals surface area contributed by atoms with Crippen molar-refractivity contribution in [3.63, 3.8) is 0 Å². The van der Waals surface area contributed by atoms with Gasteiger partial charge in [0.15, 0.2) is 0 Å². The summed E-state index contributed by atoms with van der Waals surface area (Å²) in [5.41, 5.74) is 0.0558. The summed E-state index contributed by atoms with van der Waals surface area (Å²) in [7, 11) is 1.82. The lowest BCUT2D eigenvalue weighted by Crippen LogP contribution is -2.65. The number of rotatable bonds is 2. The first-order valence-electron chi connectivity index (χ1n) is 9.06. The summed E-state index contributed by atoms with van der Waals surface area (Å²) in [6, 6.07) is 0. The topological polar surface area (TPSA) is 29.5 Å². The van der Waals surface area contributed by atoms with Crippen LogP contribution in [-0.4, -0.2) is 47.6 Å². The standard InChI is InChI=1S/C18H27NO2S/c1-21-15-8-18(22-9-15)10-19(11-18)16(20)17-5-12-2-13(6-17)4-14(3-12)7-17/h12-15H,2-11H2,1H3. The highest BCUT2D eigenvalue weighted by Gasteiger charge is 2.59. The van der Waals surface area contributed by atoms with Crippen molar-refractivity contribution in [2.75, 3.05) is 26.0 Å². The molecule has 4 saturated carbocycles. The summed E-state index contributed by atoms with van der Waals surface area (Å²) in [4.78, 5) is 15.5. The van der Waals surface area contributed by atoms with Crippen LogP contribution in [0.3, 0.4) is 0 Å². The van der Waals surface area contributed by atoms with Crippen molar-refractivity contribution in [2.24, 2.45) is 23.2 Å². The van der Waals surface area contributed by atoms with Gasteiger partial charge < -0.3 is 9.64 Å². The van der Waals surface area contributed by atoms with E-state index >= 15 is 0 Å². The Morgan fingerprint density at radius 2 is 1.64 bits per heavy atom. The Kier molecular flexibility index (Phi) is 3.00. The van der Waals surface area contributed by atoms with E-state index in [0.29, 0.717) is 16.8 Å². The molecule has 22 heavy (non-hydrogen) atoms. The molecular formula is C18H27NO2S. The van der Waals surface area contributed by atoms with E-state index in [0.717, 1.165) is 43.0 Å². The first-order valence-corrected chi connectivity index (χ1v) is 10.0. The van der Waals surface area contributed by atoms with Gasteiger partial charge in [0.2, 0.25) is 5.91 Å². The minimum Gasteiger partial charge on any atom is -0.381 e. The Morgan fingerprint density at radius 1 is 1.05 bits per heavy atom. The molecule has 6 aliphatic rings. The predicted molar refractivity (Wildman–Crippen MR) is 87.8 cm³/mol. The molecule has 0 aromatic carbocycles. The lowest BCUT2D eigenvalue weighted by Gasteiger charge is -2.59. The molecule has 122 valence electrons. The number of thioether (sulfide) groups is 1. The van der Waals surface area contributed by atoms with Gasteiger partial charge in [0.25, 0.3) is 0 Å². The normalized spacial score (nSPS) is 48.0. The van der Waals surface area contributed by atoms with Gasteiger partial charge in [-0.3, -0.25) is 4.79 Å². The van der Waals surface area contributed by atoms with Crippen LogP contribution in [0.4, 0.5) is 0 Å². The highest BCUT2D eigenvalue weighted by molar-refractivity contribution is 8.01. The van der Waals surface area contributed by atoms with Gasteiger partial charge in [0.1, 0.15) is 0 Å². The largest absolute Gasteiger partial charge is 0.381 e. The molecule has 6 rings (SSSR count). The van der Waals surface area contributed by atoms with E-state index in [2.05, 4.69) is 4.90 Å². The molecule has 0 radical (unpaired) electrons. The number of amides is 1. The van der Waals surface area contributed by atoms with E-state index in [1.54, 1.807) is 0 Å². The van der Waals surface area contributed by atoms with Crippen LogP contribution in [-0.2, 0) is 9.53 Å². The van der Waals surface area contributed by atoms with E-state index < -0.39 is 0 Å². The van der Waals surface area contributed by atoms with Gasteiger partial charge in [-0.15, -0.1) is 11.8 Å². The second-order valence-corrected chi connectivity index (χ2v) is 10.4. The minimum absolute atomic E-state index is 0.0558. The summed E-state index contributed by atoms with van der Waals surface area (Å²) >= 11 is 2.04. The second-order valence-electron chi connectivity index (χ2n) is 8.91. The highest BCUT2D eigenvalue weighted by Crippen LogP contribution is 2.61. The molecule has 2 aliphatic heterocycles. The summed E-state index contributed by atoms with van der Waals surface area (Å²) in [6.07, 6.45) is 9.41. The summed E-state index contributed by atoms with van der Waals surface area (Å²) in [5.74, 6) is 4.23. The monoisotopic (exact) mass is 321 g/mol. The van der Waals surface area contributed by atoms with E-state index in [1.807, 2.05) is 18.9 Å². The molecule has 6 fully saturated rings. The Labute approximate surface area is 137 Å². The van der Waals surface area contributed by atoms with Crippen LogP contribution in [0.1, 0.15) is 44.9 Å². The Morgan fingerprint density at radius 3 is 2.14 bits per heavy atom. The van der Waals surface area contributed by atoms with Gasteiger partial charge in [0.05, 0.1) is 16.3 Å². The van der Waals surface area contributed by atoms with E-state index in [9.17, 15) is 4.79 Å². The summed E-state index contributed by atoms with van der Waals surface area (Å²) in [6.45, 7) is 1.97. The van der Waals surface area contributed by atoms with E-state index in [1.165, 1.54) is 38.5 Å².